The molecule has 6 heteroatoms. The topological polar surface area (TPSA) is 62.7 Å². The third-order valence-corrected chi connectivity index (χ3v) is 4.92. The Labute approximate surface area is 145 Å². The van der Waals surface area contributed by atoms with Crippen molar-refractivity contribution in [2.24, 2.45) is 0 Å². The molecule has 0 saturated carbocycles. The fourth-order valence-corrected chi connectivity index (χ4v) is 3.39. The standard InChI is InChI=1S/C18H19ClN2O3/c1-24-18(13-5-3-2-4-6-13)9-11-21(12-10-18)15-8-7-14(19)16(20-15)17(22)23/h2-8H,9-12H2,1H3,(H,22,23). The summed E-state index contributed by atoms with van der Waals surface area (Å²) in [5, 5.41) is 9.32. The number of halogens is 1. The van der Waals surface area contributed by atoms with Crippen LogP contribution in [0.4, 0.5) is 5.82 Å². The van der Waals surface area contributed by atoms with Crippen molar-refractivity contribution in [3.63, 3.8) is 0 Å². The maximum Gasteiger partial charge on any atom is 0.356 e. The van der Waals surface area contributed by atoms with Crippen molar-refractivity contribution in [1.29, 1.82) is 0 Å². The van der Waals surface area contributed by atoms with Crippen LogP contribution < -0.4 is 4.90 Å². The lowest BCUT2D eigenvalue weighted by atomic mass is 9.84. The molecule has 1 aromatic heterocycles. The molecule has 3 rings (SSSR count). The molecule has 2 aromatic rings. The summed E-state index contributed by atoms with van der Waals surface area (Å²) in [5.41, 5.74) is 0.753. The first-order chi connectivity index (χ1) is 11.6. The largest absolute Gasteiger partial charge is 0.476 e. The van der Waals surface area contributed by atoms with E-state index in [1.54, 1.807) is 19.2 Å². The number of rotatable bonds is 4. The molecule has 1 fully saturated rings. The smallest absolute Gasteiger partial charge is 0.356 e. The number of aromatic carboxylic acids is 1. The summed E-state index contributed by atoms with van der Waals surface area (Å²) in [7, 11) is 1.74. The van der Waals surface area contributed by atoms with E-state index in [0.29, 0.717) is 5.82 Å². The number of nitrogens with zero attached hydrogens (tertiary/aromatic N) is 2. The molecule has 0 bridgehead atoms. The maximum atomic E-state index is 11.2. The molecule has 1 aliphatic heterocycles. The van der Waals surface area contributed by atoms with E-state index in [-0.39, 0.29) is 16.3 Å². The van der Waals surface area contributed by atoms with E-state index in [2.05, 4.69) is 22.0 Å². The number of anilines is 1. The number of ether oxygens (including phenoxy) is 1. The van der Waals surface area contributed by atoms with Crippen LogP contribution >= 0.6 is 11.6 Å². The van der Waals surface area contributed by atoms with Gasteiger partial charge in [-0.15, -0.1) is 0 Å². The summed E-state index contributed by atoms with van der Waals surface area (Å²) >= 11 is 5.90. The zero-order chi connectivity index (χ0) is 17.2. The quantitative estimate of drug-likeness (QED) is 0.916. The Bertz CT molecular complexity index is 728. The maximum absolute atomic E-state index is 11.2. The van der Waals surface area contributed by atoms with Crippen LogP contribution in [0.25, 0.3) is 0 Å². The zero-order valence-electron chi connectivity index (χ0n) is 13.4. The van der Waals surface area contributed by atoms with Gasteiger partial charge in [0.2, 0.25) is 0 Å². The number of carbonyl (C=O) groups is 1. The summed E-state index contributed by atoms with van der Waals surface area (Å²) in [6.07, 6.45) is 1.61. The highest BCUT2D eigenvalue weighted by Gasteiger charge is 2.36. The van der Waals surface area contributed by atoms with Gasteiger partial charge in [0.25, 0.3) is 0 Å². The zero-order valence-corrected chi connectivity index (χ0v) is 14.2. The van der Waals surface area contributed by atoms with Gasteiger partial charge < -0.3 is 14.7 Å². The predicted octanol–water partition coefficient (Wildman–Crippen LogP) is 3.58. The molecule has 1 N–H and O–H groups in total. The predicted molar refractivity (Wildman–Crippen MR) is 92.8 cm³/mol. The monoisotopic (exact) mass is 346 g/mol. The number of piperidine rings is 1. The van der Waals surface area contributed by atoms with Crippen LogP contribution in [-0.2, 0) is 10.3 Å². The molecule has 1 aromatic carbocycles. The molecule has 24 heavy (non-hydrogen) atoms. The number of methoxy groups -OCH3 is 1. The van der Waals surface area contributed by atoms with E-state index < -0.39 is 5.97 Å². The molecular formula is C18H19ClN2O3. The molecular weight excluding hydrogens is 328 g/mol. The minimum atomic E-state index is -1.12. The summed E-state index contributed by atoms with van der Waals surface area (Å²) in [5.74, 6) is -0.482. The average Bonchev–Trinajstić information content (AvgIpc) is 2.63. The minimum absolute atomic E-state index is 0.110. The first kappa shape index (κ1) is 16.7. The fraction of sp³-hybridized carbons (Fsp3) is 0.333. The molecule has 0 spiro atoms. The van der Waals surface area contributed by atoms with Gasteiger partial charge in [0.05, 0.1) is 10.6 Å². The number of carboxylic acids is 1. The van der Waals surface area contributed by atoms with Crippen molar-refractivity contribution in [2.75, 3.05) is 25.1 Å². The molecule has 126 valence electrons. The Morgan fingerprint density at radius 3 is 2.46 bits per heavy atom. The minimum Gasteiger partial charge on any atom is -0.476 e. The highest BCUT2D eigenvalue weighted by molar-refractivity contribution is 6.33. The normalized spacial score (nSPS) is 16.8. The Balaban J connectivity index is 1.80. The highest BCUT2D eigenvalue weighted by Crippen LogP contribution is 2.37. The van der Waals surface area contributed by atoms with Gasteiger partial charge in [-0.3, -0.25) is 0 Å². The van der Waals surface area contributed by atoms with Crippen molar-refractivity contribution in [3.05, 3.63) is 58.7 Å². The number of carboxylic acid groups (broad SMARTS) is 1. The summed E-state index contributed by atoms with van der Waals surface area (Å²) < 4.78 is 5.87. The van der Waals surface area contributed by atoms with E-state index in [1.807, 2.05) is 18.2 Å². The van der Waals surface area contributed by atoms with Gasteiger partial charge in [-0.1, -0.05) is 41.9 Å². The molecule has 0 radical (unpaired) electrons. The second kappa shape index (κ2) is 6.79. The molecule has 0 atom stereocenters. The number of pyridine rings is 1. The lowest BCUT2D eigenvalue weighted by molar-refractivity contribution is -0.0347. The molecule has 2 heterocycles. The van der Waals surface area contributed by atoms with Gasteiger partial charge in [-0.25, -0.2) is 9.78 Å². The molecule has 1 saturated heterocycles. The Morgan fingerprint density at radius 1 is 1.21 bits per heavy atom. The van der Waals surface area contributed by atoms with Crippen LogP contribution in [-0.4, -0.2) is 36.3 Å². The van der Waals surface area contributed by atoms with Gasteiger partial charge in [0, 0.05) is 20.2 Å². The Kier molecular flexibility index (Phi) is 4.73. The lowest BCUT2D eigenvalue weighted by Crippen LogP contribution is -2.44. The Hall–Kier alpha value is -2.11. The van der Waals surface area contributed by atoms with Crippen LogP contribution in [0.1, 0.15) is 28.9 Å². The van der Waals surface area contributed by atoms with Crippen LogP contribution in [0.5, 0.6) is 0 Å². The van der Waals surface area contributed by atoms with Crippen molar-refractivity contribution < 1.29 is 14.6 Å². The summed E-state index contributed by atoms with van der Waals surface area (Å²) in [6, 6.07) is 13.5. The fourth-order valence-electron chi connectivity index (χ4n) is 3.21. The van der Waals surface area contributed by atoms with Gasteiger partial charge in [-0.2, -0.15) is 0 Å². The average molecular weight is 347 g/mol. The van der Waals surface area contributed by atoms with Gasteiger partial charge >= 0.3 is 5.97 Å². The third-order valence-electron chi connectivity index (χ3n) is 4.62. The number of hydrogen-bond donors (Lipinski definition) is 1. The van der Waals surface area contributed by atoms with Crippen LogP contribution in [0.3, 0.4) is 0 Å². The van der Waals surface area contributed by atoms with Crippen molar-refractivity contribution in [1.82, 2.24) is 4.98 Å². The SMILES string of the molecule is COC1(c2ccccc2)CCN(c2ccc(Cl)c(C(=O)O)n2)CC1. The second-order valence-corrected chi connectivity index (χ2v) is 6.26. The molecule has 0 unspecified atom stereocenters. The van der Waals surface area contributed by atoms with Crippen molar-refractivity contribution in [2.45, 2.75) is 18.4 Å². The summed E-state index contributed by atoms with van der Waals surface area (Å²) in [4.78, 5) is 17.5. The summed E-state index contributed by atoms with van der Waals surface area (Å²) in [6.45, 7) is 1.47. The third kappa shape index (κ3) is 3.09. The van der Waals surface area contributed by atoms with Crippen LogP contribution in [0.2, 0.25) is 5.02 Å². The lowest BCUT2D eigenvalue weighted by Gasteiger charge is -2.41. The van der Waals surface area contributed by atoms with E-state index in [0.717, 1.165) is 25.9 Å². The molecule has 5 nitrogen and oxygen atoms in total. The van der Waals surface area contributed by atoms with Gasteiger partial charge in [-0.05, 0) is 30.5 Å². The highest BCUT2D eigenvalue weighted by atomic mass is 35.5. The van der Waals surface area contributed by atoms with Gasteiger partial charge in [0.15, 0.2) is 5.69 Å². The van der Waals surface area contributed by atoms with E-state index >= 15 is 0 Å². The number of aromatic nitrogens is 1. The second-order valence-electron chi connectivity index (χ2n) is 5.86. The van der Waals surface area contributed by atoms with Crippen molar-refractivity contribution >= 4 is 23.4 Å². The molecule has 0 aliphatic carbocycles. The van der Waals surface area contributed by atoms with Gasteiger partial charge in [0.1, 0.15) is 5.82 Å². The van der Waals surface area contributed by atoms with Crippen LogP contribution in [0.15, 0.2) is 42.5 Å². The van der Waals surface area contributed by atoms with E-state index in [4.69, 9.17) is 16.3 Å². The van der Waals surface area contributed by atoms with E-state index in [9.17, 15) is 9.90 Å². The number of benzene rings is 1. The van der Waals surface area contributed by atoms with Crippen molar-refractivity contribution in [3.8, 4) is 0 Å². The van der Waals surface area contributed by atoms with E-state index in [1.165, 1.54) is 5.56 Å². The van der Waals surface area contributed by atoms with Crippen LogP contribution in [0, 0.1) is 0 Å². The first-order valence-electron chi connectivity index (χ1n) is 7.81. The Morgan fingerprint density at radius 2 is 1.88 bits per heavy atom. The number of hydrogen-bond acceptors (Lipinski definition) is 4. The first-order valence-corrected chi connectivity index (χ1v) is 8.19. The molecule has 0 amide bonds. The molecule has 1 aliphatic rings.